The zero-order valence-corrected chi connectivity index (χ0v) is 19.1. The number of hydrogen-bond donors (Lipinski definition) is 1. The Morgan fingerprint density at radius 1 is 1.28 bits per heavy atom. The summed E-state index contributed by atoms with van der Waals surface area (Å²) in [6, 6.07) is 5.65. The number of imidazole rings is 1. The average molecular weight is 454 g/mol. The molecule has 10 heteroatoms. The van der Waals surface area contributed by atoms with Crippen LogP contribution < -0.4 is 5.32 Å². The van der Waals surface area contributed by atoms with Crippen molar-refractivity contribution in [2.24, 2.45) is 7.05 Å². The lowest BCUT2D eigenvalue weighted by atomic mass is 10.0. The Bertz CT molecular complexity index is 1280. The van der Waals surface area contributed by atoms with E-state index in [2.05, 4.69) is 25.4 Å². The molecule has 0 aliphatic rings. The summed E-state index contributed by atoms with van der Waals surface area (Å²) in [6.07, 6.45) is 6.11. The van der Waals surface area contributed by atoms with Crippen LogP contribution in [-0.2, 0) is 18.3 Å². The molecule has 1 aromatic carbocycles. The molecule has 0 radical (unpaired) electrons. The van der Waals surface area contributed by atoms with Gasteiger partial charge in [-0.2, -0.15) is 4.98 Å². The number of aryl methyl sites for hydroxylation is 3. The first-order valence-corrected chi connectivity index (χ1v) is 11.4. The Hall–Kier alpha value is -3.27. The van der Waals surface area contributed by atoms with E-state index < -0.39 is 6.04 Å². The number of hydrogen-bond acceptors (Lipinski definition) is 6. The first-order chi connectivity index (χ1) is 15.4. The molecular formula is C22H24FN7OS. The summed E-state index contributed by atoms with van der Waals surface area (Å²) in [6.45, 7) is 3.87. The van der Waals surface area contributed by atoms with Crippen LogP contribution in [0.4, 0.5) is 4.39 Å². The van der Waals surface area contributed by atoms with Crippen molar-refractivity contribution >= 4 is 23.4 Å². The Kier molecular flexibility index (Phi) is 6.22. The third kappa shape index (κ3) is 4.36. The summed E-state index contributed by atoms with van der Waals surface area (Å²) < 4.78 is 17.4. The van der Waals surface area contributed by atoms with Crippen LogP contribution in [0.15, 0.2) is 41.8 Å². The number of benzene rings is 1. The number of carbonyl (C=O) groups excluding carboxylic acids is 1. The van der Waals surface area contributed by atoms with Crippen molar-refractivity contribution in [2.45, 2.75) is 37.9 Å². The SMILES string of the molecule is CSc1nc2nc(C)c(CCC(=O)N[C@H](c3cccc(F)c3)c3nccn3C)c(C)n2n1. The first-order valence-electron chi connectivity index (χ1n) is 10.2. The number of nitrogens with zero attached hydrogens (tertiary/aromatic N) is 6. The van der Waals surface area contributed by atoms with E-state index in [9.17, 15) is 9.18 Å². The lowest BCUT2D eigenvalue weighted by Crippen LogP contribution is -2.31. The highest BCUT2D eigenvalue weighted by molar-refractivity contribution is 7.98. The molecule has 32 heavy (non-hydrogen) atoms. The average Bonchev–Trinajstić information content (AvgIpc) is 3.37. The Morgan fingerprint density at radius 2 is 2.09 bits per heavy atom. The van der Waals surface area contributed by atoms with E-state index in [1.54, 1.807) is 29.0 Å². The first kappa shape index (κ1) is 21.9. The van der Waals surface area contributed by atoms with Crippen LogP contribution in [0.25, 0.3) is 5.78 Å². The van der Waals surface area contributed by atoms with Crippen LogP contribution in [0.2, 0.25) is 0 Å². The second kappa shape index (κ2) is 9.07. The standard InChI is InChI=1S/C22H24FN7OS/c1-13-17(14(2)30-21(25-13)27-22(28-30)32-4)8-9-18(31)26-19(20-24-10-11-29(20)3)15-6-5-7-16(23)12-15/h5-7,10-12,19H,8-9H2,1-4H3,(H,26,31)/t19-/m1/s1. The fourth-order valence-electron chi connectivity index (χ4n) is 3.75. The second-order valence-corrected chi connectivity index (χ2v) is 8.30. The highest BCUT2D eigenvalue weighted by Gasteiger charge is 2.22. The van der Waals surface area contributed by atoms with Gasteiger partial charge < -0.3 is 9.88 Å². The van der Waals surface area contributed by atoms with E-state index in [-0.39, 0.29) is 18.1 Å². The summed E-state index contributed by atoms with van der Waals surface area (Å²) in [5, 5.41) is 8.13. The van der Waals surface area contributed by atoms with Crippen LogP contribution in [-0.4, -0.2) is 41.3 Å². The third-order valence-electron chi connectivity index (χ3n) is 5.42. The molecule has 3 heterocycles. The highest BCUT2D eigenvalue weighted by Crippen LogP contribution is 2.22. The van der Waals surface area contributed by atoms with Crippen LogP contribution in [0.3, 0.4) is 0 Å². The number of halogens is 1. The number of amides is 1. The van der Waals surface area contributed by atoms with Gasteiger partial charge in [0.2, 0.25) is 11.1 Å². The zero-order chi connectivity index (χ0) is 22.8. The Morgan fingerprint density at radius 3 is 2.78 bits per heavy atom. The molecule has 1 N–H and O–H groups in total. The summed E-state index contributed by atoms with van der Waals surface area (Å²) >= 11 is 1.46. The van der Waals surface area contributed by atoms with Gasteiger partial charge >= 0.3 is 0 Å². The van der Waals surface area contributed by atoms with Crippen LogP contribution >= 0.6 is 11.8 Å². The van der Waals surface area contributed by atoms with Gasteiger partial charge in [0.15, 0.2) is 0 Å². The molecule has 0 fully saturated rings. The maximum atomic E-state index is 13.9. The molecular weight excluding hydrogens is 429 g/mol. The molecule has 0 aliphatic heterocycles. The predicted molar refractivity (Wildman–Crippen MR) is 120 cm³/mol. The minimum atomic E-state index is -0.555. The van der Waals surface area contributed by atoms with E-state index in [1.807, 2.05) is 31.7 Å². The molecule has 1 atom stereocenters. The van der Waals surface area contributed by atoms with Gasteiger partial charge in [0.25, 0.3) is 5.78 Å². The number of aromatic nitrogens is 6. The number of nitrogens with one attached hydrogen (secondary N) is 1. The van der Waals surface area contributed by atoms with E-state index in [0.29, 0.717) is 28.7 Å². The number of fused-ring (bicyclic) bond motifs is 1. The fourth-order valence-corrected chi connectivity index (χ4v) is 4.08. The van der Waals surface area contributed by atoms with Gasteiger partial charge in [0, 0.05) is 37.3 Å². The van der Waals surface area contributed by atoms with Gasteiger partial charge in [-0.1, -0.05) is 23.9 Å². The molecule has 166 valence electrons. The van der Waals surface area contributed by atoms with Gasteiger partial charge in [-0.25, -0.2) is 18.9 Å². The van der Waals surface area contributed by atoms with Crippen molar-refractivity contribution in [1.82, 2.24) is 34.4 Å². The summed E-state index contributed by atoms with van der Waals surface area (Å²) in [7, 11) is 1.84. The molecule has 0 aliphatic carbocycles. The minimum absolute atomic E-state index is 0.162. The normalized spacial score (nSPS) is 12.3. The van der Waals surface area contributed by atoms with Crippen LogP contribution in [0.1, 0.15) is 40.8 Å². The molecule has 1 amide bonds. The molecule has 0 bridgehead atoms. The van der Waals surface area contributed by atoms with Crippen molar-refractivity contribution in [3.63, 3.8) is 0 Å². The third-order valence-corrected chi connectivity index (χ3v) is 5.96. The highest BCUT2D eigenvalue weighted by atomic mass is 32.2. The zero-order valence-electron chi connectivity index (χ0n) is 18.3. The van der Waals surface area contributed by atoms with Gasteiger partial charge in [-0.05, 0) is 49.8 Å². The van der Waals surface area contributed by atoms with Crippen LogP contribution in [0.5, 0.6) is 0 Å². The van der Waals surface area contributed by atoms with Crippen molar-refractivity contribution in [2.75, 3.05) is 6.26 Å². The van der Waals surface area contributed by atoms with E-state index in [1.165, 1.54) is 23.9 Å². The van der Waals surface area contributed by atoms with Crippen molar-refractivity contribution in [3.05, 3.63) is 70.8 Å². The van der Waals surface area contributed by atoms with Gasteiger partial charge in [0.05, 0.1) is 0 Å². The molecule has 0 unspecified atom stereocenters. The number of rotatable bonds is 7. The van der Waals surface area contributed by atoms with Crippen molar-refractivity contribution in [1.29, 1.82) is 0 Å². The summed E-state index contributed by atoms with van der Waals surface area (Å²) in [5.41, 5.74) is 3.34. The molecule has 0 saturated heterocycles. The van der Waals surface area contributed by atoms with Crippen molar-refractivity contribution < 1.29 is 9.18 Å². The van der Waals surface area contributed by atoms with E-state index in [0.717, 1.165) is 17.0 Å². The van der Waals surface area contributed by atoms with E-state index >= 15 is 0 Å². The van der Waals surface area contributed by atoms with Gasteiger partial charge in [0.1, 0.15) is 17.7 Å². The minimum Gasteiger partial charge on any atom is -0.342 e. The second-order valence-electron chi connectivity index (χ2n) is 7.52. The molecule has 0 saturated carbocycles. The lowest BCUT2D eigenvalue weighted by molar-refractivity contribution is -0.121. The number of thioether (sulfide) groups is 1. The number of carbonyl (C=O) groups is 1. The molecule has 4 aromatic rings. The topological polar surface area (TPSA) is 90.0 Å². The van der Waals surface area contributed by atoms with E-state index in [4.69, 9.17) is 0 Å². The molecule has 0 spiro atoms. The maximum absolute atomic E-state index is 13.9. The predicted octanol–water partition coefficient (Wildman–Crippen LogP) is 3.17. The van der Waals surface area contributed by atoms with Gasteiger partial charge in [-0.15, -0.1) is 5.10 Å². The molecule has 4 rings (SSSR count). The summed E-state index contributed by atoms with van der Waals surface area (Å²) in [5.74, 6) is 0.661. The summed E-state index contributed by atoms with van der Waals surface area (Å²) in [4.78, 5) is 26.2. The van der Waals surface area contributed by atoms with Crippen LogP contribution in [0, 0.1) is 19.7 Å². The molecule has 3 aromatic heterocycles. The fraction of sp³-hybridized carbons (Fsp3) is 0.318. The monoisotopic (exact) mass is 453 g/mol. The molecule has 8 nitrogen and oxygen atoms in total. The van der Waals surface area contributed by atoms with Gasteiger partial charge in [-0.3, -0.25) is 4.79 Å². The largest absolute Gasteiger partial charge is 0.342 e. The Balaban J connectivity index is 1.55. The van der Waals surface area contributed by atoms with Crippen molar-refractivity contribution in [3.8, 4) is 0 Å². The smallest absolute Gasteiger partial charge is 0.253 e. The lowest BCUT2D eigenvalue weighted by Gasteiger charge is -2.19. The quantitative estimate of drug-likeness (QED) is 0.432. The Labute approximate surface area is 189 Å². The maximum Gasteiger partial charge on any atom is 0.253 e.